The number of carbonyl (C=O) groups excluding carboxylic acids is 1. The molecule has 2 rings (SSSR count). The summed E-state index contributed by atoms with van der Waals surface area (Å²) in [5, 5.41) is 11.7. The Labute approximate surface area is 120 Å². The first-order chi connectivity index (χ1) is 9.44. The number of anilines is 1. The van der Waals surface area contributed by atoms with Gasteiger partial charge in [0, 0.05) is 23.6 Å². The van der Waals surface area contributed by atoms with Gasteiger partial charge in [-0.2, -0.15) is 0 Å². The van der Waals surface area contributed by atoms with Gasteiger partial charge in [-0.05, 0) is 36.5 Å². The minimum absolute atomic E-state index is 0.0687. The van der Waals surface area contributed by atoms with Crippen LogP contribution in [0.2, 0.25) is 0 Å². The number of hydrogen-bond acceptors (Lipinski definition) is 2. The van der Waals surface area contributed by atoms with E-state index >= 15 is 0 Å². The Morgan fingerprint density at radius 3 is 2.80 bits per heavy atom. The fraction of sp³-hybridized carbons (Fsp3) is 0.471. The zero-order valence-corrected chi connectivity index (χ0v) is 12.3. The SMILES string of the molecule is Cc1ccc(NC(=O)C2CC2(C)C)cc1C#CCCO. The molecule has 0 saturated heterocycles. The topological polar surface area (TPSA) is 49.3 Å². The van der Waals surface area contributed by atoms with Crippen LogP contribution in [0.4, 0.5) is 5.69 Å². The first-order valence-electron chi connectivity index (χ1n) is 6.95. The van der Waals surface area contributed by atoms with E-state index in [1.807, 2.05) is 25.1 Å². The van der Waals surface area contributed by atoms with Gasteiger partial charge in [0.25, 0.3) is 0 Å². The second-order valence-corrected chi connectivity index (χ2v) is 6.04. The van der Waals surface area contributed by atoms with Crippen molar-refractivity contribution < 1.29 is 9.90 Å². The molecular weight excluding hydrogens is 250 g/mol. The number of hydrogen-bond donors (Lipinski definition) is 2. The molecule has 3 nitrogen and oxygen atoms in total. The van der Waals surface area contributed by atoms with Gasteiger partial charge in [0.15, 0.2) is 0 Å². The number of aliphatic hydroxyl groups excluding tert-OH is 1. The highest BCUT2D eigenvalue weighted by Gasteiger charge is 2.50. The molecule has 1 aromatic carbocycles. The van der Waals surface area contributed by atoms with Crippen molar-refractivity contribution in [2.24, 2.45) is 11.3 Å². The van der Waals surface area contributed by atoms with E-state index in [2.05, 4.69) is 31.0 Å². The maximum Gasteiger partial charge on any atom is 0.228 e. The fourth-order valence-corrected chi connectivity index (χ4v) is 2.19. The summed E-state index contributed by atoms with van der Waals surface area (Å²) in [4.78, 5) is 12.1. The van der Waals surface area contributed by atoms with Gasteiger partial charge in [-0.1, -0.05) is 31.8 Å². The molecule has 1 aromatic rings. The van der Waals surface area contributed by atoms with Crippen molar-refractivity contribution in [2.75, 3.05) is 11.9 Å². The molecule has 0 aromatic heterocycles. The Kier molecular flexibility index (Phi) is 4.15. The zero-order valence-electron chi connectivity index (χ0n) is 12.3. The molecule has 3 heteroatoms. The van der Waals surface area contributed by atoms with E-state index < -0.39 is 0 Å². The molecule has 20 heavy (non-hydrogen) atoms. The molecule has 0 bridgehead atoms. The number of aliphatic hydroxyl groups is 1. The largest absolute Gasteiger partial charge is 0.395 e. The molecule has 106 valence electrons. The summed E-state index contributed by atoms with van der Waals surface area (Å²) in [5.41, 5.74) is 2.89. The average molecular weight is 271 g/mol. The highest BCUT2D eigenvalue weighted by molar-refractivity contribution is 5.95. The lowest BCUT2D eigenvalue weighted by Crippen LogP contribution is -2.16. The fourth-order valence-electron chi connectivity index (χ4n) is 2.19. The Morgan fingerprint density at radius 1 is 1.50 bits per heavy atom. The lowest BCUT2D eigenvalue weighted by molar-refractivity contribution is -0.118. The Balaban J connectivity index is 2.08. The Bertz CT molecular complexity index is 578. The second kappa shape index (κ2) is 5.68. The third kappa shape index (κ3) is 3.40. The van der Waals surface area contributed by atoms with Crippen LogP contribution >= 0.6 is 0 Å². The normalized spacial score (nSPS) is 18.9. The van der Waals surface area contributed by atoms with Gasteiger partial charge in [-0.25, -0.2) is 0 Å². The van der Waals surface area contributed by atoms with Crippen molar-refractivity contribution >= 4 is 11.6 Å². The summed E-state index contributed by atoms with van der Waals surface area (Å²) in [6.45, 7) is 6.27. The third-order valence-corrected chi connectivity index (χ3v) is 3.79. The van der Waals surface area contributed by atoms with Gasteiger partial charge < -0.3 is 10.4 Å². The minimum Gasteiger partial charge on any atom is -0.395 e. The van der Waals surface area contributed by atoms with E-state index in [0.29, 0.717) is 6.42 Å². The molecule has 1 amide bonds. The molecule has 1 unspecified atom stereocenters. The quantitative estimate of drug-likeness (QED) is 0.830. The van der Waals surface area contributed by atoms with Gasteiger partial charge in [0.1, 0.15) is 0 Å². The average Bonchev–Trinajstić information content (AvgIpc) is 3.03. The maximum atomic E-state index is 12.1. The standard InChI is InChI=1S/C17H21NO2/c1-12-7-8-14(10-13(12)6-4-5-9-19)18-16(20)15-11-17(15,2)3/h7-8,10,15,19H,5,9,11H2,1-3H3,(H,18,20). The predicted octanol–water partition coefficient (Wildman–Crippen LogP) is 2.71. The number of rotatable bonds is 3. The molecule has 1 atom stereocenters. The van der Waals surface area contributed by atoms with Crippen LogP contribution in [0.15, 0.2) is 18.2 Å². The molecular formula is C17H21NO2. The monoisotopic (exact) mass is 271 g/mol. The molecule has 2 N–H and O–H groups in total. The molecule has 1 saturated carbocycles. The lowest BCUT2D eigenvalue weighted by Gasteiger charge is -2.08. The highest BCUT2D eigenvalue weighted by atomic mass is 16.2. The van der Waals surface area contributed by atoms with Crippen molar-refractivity contribution in [1.29, 1.82) is 0 Å². The van der Waals surface area contributed by atoms with Crippen molar-refractivity contribution in [1.82, 2.24) is 0 Å². The first-order valence-corrected chi connectivity index (χ1v) is 6.95. The van der Waals surface area contributed by atoms with Gasteiger partial charge in [-0.15, -0.1) is 0 Å². The van der Waals surface area contributed by atoms with Crippen molar-refractivity contribution in [3.05, 3.63) is 29.3 Å². The smallest absolute Gasteiger partial charge is 0.228 e. The molecule has 0 heterocycles. The number of amides is 1. The number of benzene rings is 1. The molecule has 0 aliphatic heterocycles. The predicted molar refractivity (Wildman–Crippen MR) is 80.3 cm³/mol. The van der Waals surface area contributed by atoms with Crippen LogP contribution in [0.1, 0.15) is 37.8 Å². The maximum absolute atomic E-state index is 12.1. The van der Waals surface area contributed by atoms with E-state index in [1.54, 1.807) is 0 Å². The Morgan fingerprint density at radius 2 is 2.20 bits per heavy atom. The molecule has 1 aliphatic rings. The number of carbonyl (C=O) groups is 1. The number of nitrogens with one attached hydrogen (secondary N) is 1. The van der Waals surface area contributed by atoms with Crippen LogP contribution in [-0.4, -0.2) is 17.6 Å². The van der Waals surface area contributed by atoms with E-state index in [4.69, 9.17) is 5.11 Å². The van der Waals surface area contributed by atoms with Crippen LogP contribution in [-0.2, 0) is 4.79 Å². The lowest BCUT2D eigenvalue weighted by atomic mass is 10.1. The van der Waals surface area contributed by atoms with E-state index in [1.165, 1.54) is 0 Å². The highest BCUT2D eigenvalue weighted by Crippen LogP contribution is 2.51. The first kappa shape index (κ1) is 14.6. The van der Waals surface area contributed by atoms with E-state index in [-0.39, 0.29) is 23.8 Å². The van der Waals surface area contributed by atoms with Crippen LogP contribution in [0, 0.1) is 30.1 Å². The van der Waals surface area contributed by atoms with Gasteiger partial charge in [0.2, 0.25) is 5.91 Å². The Hall–Kier alpha value is -1.79. The zero-order chi connectivity index (χ0) is 14.8. The van der Waals surface area contributed by atoms with Gasteiger partial charge >= 0.3 is 0 Å². The van der Waals surface area contributed by atoms with Gasteiger partial charge in [-0.3, -0.25) is 4.79 Å². The van der Waals surface area contributed by atoms with E-state index in [9.17, 15) is 4.79 Å². The van der Waals surface area contributed by atoms with Crippen molar-refractivity contribution in [3.8, 4) is 11.8 Å². The summed E-state index contributed by atoms with van der Waals surface area (Å²) in [6.07, 6.45) is 1.42. The third-order valence-electron chi connectivity index (χ3n) is 3.79. The van der Waals surface area contributed by atoms with Crippen molar-refractivity contribution in [3.63, 3.8) is 0 Å². The molecule has 0 radical (unpaired) electrons. The van der Waals surface area contributed by atoms with Crippen LogP contribution in [0.25, 0.3) is 0 Å². The summed E-state index contributed by atoms with van der Waals surface area (Å²) >= 11 is 0. The second-order valence-electron chi connectivity index (χ2n) is 6.04. The molecule has 1 fully saturated rings. The van der Waals surface area contributed by atoms with Crippen LogP contribution < -0.4 is 5.32 Å². The molecule has 0 spiro atoms. The summed E-state index contributed by atoms with van der Waals surface area (Å²) in [6, 6.07) is 5.75. The van der Waals surface area contributed by atoms with Gasteiger partial charge in [0.05, 0.1) is 6.61 Å². The van der Waals surface area contributed by atoms with Crippen LogP contribution in [0.3, 0.4) is 0 Å². The molecule has 1 aliphatic carbocycles. The summed E-state index contributed by atoms with van der Waals surface area (Å²) in [7, 11) is 0. The van der Waals surface area contributed by atoms with E-state index in [0.717, 1.165) is 23.2 Å². The summed E-state index contributed by atoms with van der Waals surface area (Å²) < 4.78 is 0. The number of aryl methyl sites for hydroxylation is 1. The minimum atomic E-state index is 0.0687. The van der Waals surface area contributed by atoms with Crippen molar-refractivity contribution in [2.45, 2.75) is 33.6 Å². The van der Waals surface area contributed by atoms with Crippen LogP contribution in [0.5, 0.6) is 0 Å². The summed E-state index contributed by atoms with van der Waals surface area (Å²) in [5.74, 6) is 6.14.